The molecule has 1 aliphatic rings. The molecule has 1 aromatic carbocycles. The molecule has 1 amide bonds. The van der Waals surface area contributed by atoms with Crippen molar-refractivity contribution in [3.05, 3.63) is 34.9 Å². The van der Waals surface area contributed by atoms with Crippen LogP contribution >= 0.6 is 0 Å². The number of benzene rings is 1. The first-order chi connectivity index (χ1) is 8.59. The fourth-order valence-electron chi connectivity index (χ4n) is 2.33. The van der Waals surface area contributed by atoms with Gasteiger partial charge in [-0.2, -0.15) is 0 Å². The van der Waals surface area contributed by atoms with Gasteiger partial charge in [0, 0.05) is 6.04 Å². The first kappa shape index (κ1) is 13.0. The van der Waals surface area contributed by atoms with E-state index in [0.29, 0.717) is 0 Å². The summed E-state index contributed by atoms with van der Waals surface area (Å²) in [7, 11) is 0. The van der Waals surface area contributed by atoms with E-state index in [0.717, 1.165) is 25.7 Å². The second kappa shape index (κ2) is 5.46. The molecule has 0 saturated heterocycles. The summed E-state index contributed by atoms with van der Waals surface area (Å²) >= 11 is 0. The van der Waals surface area contributed by atoms with Gasteiger partial charge in [-0.05, 0) is 31.4 Å². The van der Waals surface area contributed by atoms with Gasteiger partial charge in [-0.25, -0.2) is 8.78 Å². The van der Waals surface area contributed by atoms with Gasteiger partial charge in [-0.3, -0.25) is 4.79 Å². The molecule has 0 unspecified atom stereocenters. The van der Waals surface area contributed by atoms with E-state index in [-0.39, 0.29) is 17.2 Å². The van der Waals surface area contributed by atoms with Crippen LogP contribution in [-0.4, -0.2) is 11.9 Å². The highest BCUT2D eigenvalue weighted by Gasteiger charge is 2.21. The van der Waals surface area contributed by atoms with Gasteiger partial charge >= 0.3 is 0 Å². The van der Waals surface area contributed by atoms with Gasteiger partial charge in [-0.1, -0.05) is 25.3 Å². The Morgan fingerprint density at radius 3 is 2.50 bits per heavy atom. The van der Waals surface area contributed by atoms with Crippen LogP contribution < -0.4 is 5.32 Å². The minimum Gasteiger partial charge on any atom is -0.349 e. The number of hydrogen-bond acceptors (Lipinski definition) is 1. The predicted octanol–water partition coefficient (Wildman–Crippen LogP) is 3.34. The van der Waals surface area contributed by atoms with Crippen LogP contribution in [0.25, 0.3) is 0 Å². The van der Waals surface area contributed by atoms with Crippen LogP contribution in [0.5, 0.6) is 0 Å². The summed E-state index contributed by atoms with van der Waals surface area (Å²) in [6.07, 6.45) is 5.18. The largest absolute Gasteiger partial charge is 0.349 e. The summed E-state index contributed by atoms with van der Waals surface area (Å²) in [4.78, 5) is 11.9. The lowest BCUT2D eigenvalue weighted by molar-refractivity contribution is 0.0922. The summed E-state index contributed by atoms with van der Waals surface area (Å²) in [5, 5.41) is 2.78. The zero-order chi connectivity index (χ0) is 13.1. The van der Waals surface area contributed by atoms with E-state index in [1.54, 1.807) is 0 Å². The average Bonchev–Trinajstić information content (AvgIpc) is 2.37. The maximum absolute atomic E-state index is 13.6. The Hall–Kier alpha value is -1.45. The Morgan fingerprint density at radius 1 is 1.17 bits per heavy atom. The van der Waals surface area contributed by atoms with Gasteiger partial charge in [0.2, 0.25) is 0 Å². The highest BCUT2D eigenvalue weighted by molar-refractivity contribution is 5.94. The summed E-state index contributed by atoms with van der Waals surface area (Å²) in [5.74, 6) is -2.51. The molecule has 98 valence electrons. The van der Waals surface area contributed by atoms with E-state index < -0.39 is 17.5 Å². The van der Waals surface area contributed by atoms with Crippen molar-refractivity contribution in [2.75, 3.05) is 0 Å². The van der Waals surface area contributed by atoms with E-state index in [1.165, 1.54) is 25.5 Å². The van der Waals surface area contributed by atoms with Gasteiger partial charge < -0.3 is 5.32 Å². The molecule has 0 bridgehead atoms. The standard InChI is InChI=1S/C14H17F2NO/c1-9-7-8-11(13(16)12(9)15)14(18)17-10-5-3-2-4-6-10/h7-8,10H,2-6H2,1H3,(H,17,18). The van der Waals surface area contributed by atoms with Crippen LogP contribution in [0.15, 0.2) is 12.1 Å². The van der Waals surface area contributed by atoms with E-state index in [1.807, 2.05) is 0 Å². The third kappa shape index (κ3) is 2.68. The predicted molar refractivity (Wildman–Crippen MR) is 65.4 cm³/mol. The number of halogens is 2. The fourth-order valence-corrected chi connectivity index (χ4v) is 2.33. The number of hydrogen-bond donors (Lipinski definition) is 1. The van der Waals surface area contributed by atoms with Crippen LogP contribution in [0.2, 0.25) is 0 Å². The van der Waals surface area contributed by atoms with Gasteiger partial charge in [-0.15, -0.1) is 0 Å². The number of carbonyl (C=O) groups excluding carboxylic acids is 1. The molecular weight excluding hydrogens is 236 g/mol. The zero-order valence-electron chi connectivity index (χ0n) is 10.4. The maximum Gasteiger partial charge on any atom is 0.254 e. The van der Waals surface area contributed by atoms with E-state index in [9.17, 15) is 13.6 Å². The molecule has 1 aromatic rings. The van der Waals surface area contributed by atoms with Gasteiger partial charge in [0.15, 0.2) is 11.6 Å². The molecule has 2 nitrogen and oxygen atoms in total. The van der Waals surface area contributed by atoms with Crippen molar-refractivity contribution in [2.45, 2.75) is 45.1 Å². The molecule has 1 saturated carbocycles. The Labute approximate surface area is 105 Å². The SMILES string of the molecule is Cc1ccc(C(=O)NC2CCCCC2)c(F)c1F. The number of carbonyl (C=O) groups is 1. The minimum atomic E-state index is -1.05. The van der Waals surface area contributed by atoms with Gasteiger partial charge in [0.1, 0.15) is 0 Å². The van der Waals surface area contributed by atoms with Crippen molar-refractivity contribution in [1.82, 2.24) is 5.32 Å². The summed E-state index contributed by atoms with van der Waals surface area (Å²) in [6, 6.07) is 2.86. The fraction of sp³-hybridized carbons (Fsp3) is 0.500. The molecule has 0 radical (unpaired) electrons. The molecule has 1 N–H and O–H groups in total. The lowest BCUT2D eigenvalue weighted by atomic mass is 9.95. The van der Waals surface area contributed by atoms with Crippen molar-refractivity contribution in [1.29, 1.82) is 0 Å². The lowest BCUT2D eigenvalue weighted by Crippen LogP contribution is -2.36. The first-order valence-electron chi connectivity index (χ1n) is 6.35. The smallest absolute Gasteiger partial charge is 0.254 e. The maximum atomic E-state index is 13.6. The molecule has 0 heterocycles. The van der Waals surface area contributed by atoms with Crippen LogP contribution in [-0.2, 0) is 0 Å². The molecule has 4 heteroatoms. The number of rotatable bonds is 2. The topological polar surface area (TPSA) is 29.1 Å². The summed E-state index contributed by atoms with van der Waals surface area (Å²) in [6.45, 7) is 1.47. The number of aryl methyl sites for hydroxylation is 1. The van der Waals surface area contributed by atoms with Gasteiger partial charge in [0.05, 0.1) is 5.56 Å². The molecular formula is C14H17F2NO. The van der Waals surface area contributed by atoms with Crippen LogP contribution in [0.4, 0.5) is 8.78 Å². The Kier molecular flexibility index (Phi) is 3.94. The molecule has 0 aromatic heterocycles. The van der Waals surface area contributed by atoms with E-state index >= 15 is 0 Å². The third-order valence-corrected chi connectivity index (χ3v) is 3.46. The molecule has 1 aliphatic carbocycles. The quantitative estimate of drug-likeness (QED) is 0.860. The highest BCUT2D eigenvalue weighted by Crippen LogP contribution is 2.19. The van der Waals surface area contributed by atoms with Crippen LogP contribution in [0.3, 0.4) is 0 Å². The van der Waals surface area contributed by atoms with Crippen LogP contribution in [0.1, 0.15) is 48.0 Å². The monoisotopic (exact) mass is 253 g/mol. The summed E-state index contributed by atoms with van der Waals surface area (Å²) in [5.41, 5.74) is 0.00499. The molecule has 0 atom stereocenters. The molecule has 2 rings (SSSR count). The molecule has 0 spiro atoms. The molecule has 18 heavy (non-hydrogen) atoms. The minimum absolute atomic E-state index is 0.0926. The Balaban J connectivity index is 2.11. The van der Waals surface area contributed by atoms with Crippen molar-refractivity contribution < 1.29 is 13.6 Å². The zero-order valence-corrected chi connectivity index (χ0v) is 10.4. The van der Waals surface area contributed by atoms with Crippen molar-refractivity contribution in [2.24, 2.45) is 0 Å². The highest BCUT2D eigenvalue weighted by atomic mass is 19.2. The second-order valence-corrected chi connectivity index (χ2v) is 4.87. The third-order valence-electron chi connectivity index (χ3n) is 3.46. The lowest BCUT2D eigenvalue weighted by Gasteiger charge is -2.22. The molecule has 1 fully saturated rings. The van der Waals surface area contributed by atoms with Gasteiger partial charge in [0.25, 0.3) is 5.91 Å². The number of amides is 1. The Morgan fingerprint density at radius 2 is 1.83 bits per heavy atom. The summed E-state index contributed by atoms with van der Waals surface area (Å²) < 4.78 is 27.0. The van der Waals surface area contributed by atoms with Crippen molar-refractivity contribution in [3.8, 4) is 0 Å². The second-order valence-electron chi connectivity index (χ2n) is 4.87. The van der Waals surface area contributed by atoms with Crippen molar-refractivity contribution in [3.63, 3.8) is 0 Å². The average molecular weight is 253 g/mol. The number of nitrogens with one attached hydrogen (secondary N) is 1. The first-order valence-corrected chi connectivity index (χ1v) is 6.35. The van der Waals surface area contributed by atoms with Crippen LogP contribution in [0, 0.1) is 18.6 Å². The normalized spacial score (nSPS) is 16.6. The Bertz CT molecular complexity index is 453. The molecule has 0 aliphatic heterocycles. The van der Waals surface area contributed by atoms with E-state index in [4.69, 9.17) is 0 Å². The van der Waals surface area contributed by atoms with Crippen molar-refractivity contribution >= 4 is 5.91 Å². The van der Waals surface area contributed by atoms with E-state index in [2.05, 4.69) is 5.32 Å².